The van der Waals surface area contributed by atoms with Crippen molar-refractivity contribution in [3.8, 4) is 0 Å². The molecule has 2 amide bonds. The van der Waals surface area contributed by atoms with Crippen LogP contribution in [0.15, 0.2) is 24.3 Å². The lowest BCUT2D eigenvalue weighted by atomic mass is 10.2. The van der Waals surface area contributed by atoms with Gasteiger partial charge in [0.25, 0.3) is 5.91 Å². The van der Waals surface area contributed by atoms with E-state index in [9.17, 15) is 9.59 Å². The molecule has 0 spiro atoms. The summed E-state index contributed by atoms with van der Waals surface area (Å²) < 4.78 is 1.57. The number of nitrogens with zero attached hydrogens (tertiary/aromatic N) is 2. The van der Waals surface area contributed by atoms with Crippen molar-refractivity contribution < 1.29 is 9.59 Å². The number of nitrogens with one attached hydrogen (secondary N) is 2. The van der Waals surface area contributed by atoms with Crippen LogP contribution in [0.5, 0.6) is 0 Å². The largest absolute Gasteiger partial charge is 0.326 e. The molecule has 0 saturated heterocycles. The first-order valence-corrected chi connectivity index (χ1v) is 7.22. The number of amides is 2. The van der Waals surface area contributed by atoms with Crippen LogP contribution in [0.25, 0.3) is 0 Å². The summed E-state index contributed by atoms with van der Waals surface area (Å²) in [6.45, 7) is 5.64. The van der Waals surface area contributed by atoms with E-state index >= 15 is 0 Å². The van der Waals surface area contributed by atoms with Gasteiger partial charge in [0, 0.05) is 24.8 Å². The average Bonchev–Trinajstić information content (AvgIpc) is 2.76. The van der Waals surface area contributed by atoms with Crippen molar-refractivity contribution in [3.63, 3.8) is 0 Å². The Hall–Kier alpha value is -2.34. The summed E-state index contributed by atoms with van der Waals surface area (Å²) in [5, 5.41) is 10.0. The molecule has 0 unspecified atom stereocenters. The molecular weight excluding hydrogens is 304 g/mol. The Bertz CT molecular complexity index is 707. The molecule has 0 saturated carbocycles. The Balaban J connectivity index is 2.17. The molecule has 0 aliphatic carbocycles. The third-order valence-electron chi connectivity index (χ3n) is 3.03. The van der Waals surface area contributed by atoms with Gasteiger partial charge in [-0.25, -0.2) is 0 Å². The van der Waals surface area contributed by atoms with E-state index in [1.165, 1.54) is 6.92 Å². The Morgan fingerprint density at radius 1 is 1.18 bits per heavy atom. The molecule has 0 atom stereocenters. The van der Waals surface area contributed by atoms with Crippen molar-refractivity contribution in [1.29, 1.82) is 0 Å². The third kappa shape index (κ3) is 3.46. The number of rotatable bonds is 4. The van der Waals surface area contributed by atoms with Gasteiger partial charge in [-0.1, -0.05) is 11.6 Å². The van der Waals surface area contributed by atoms with Crippen LogP contribution in [0.4, 0.5) is 11.4 Å². The zero-order chi connectivity index (χ0) is 16.3. The average molecular weight is 321 g/mol. The normalized spacial score (nSPS) is 10.4. The predicted molar refractivity (Wildman–Crippen MR) is 86.3 cm³/mol. The van der Waals surface area contributed by atoms with Crippen LogP contribution in [-0.2, 0) is 11.3 Å². The van der Waals surface area contributed by atoms with E-state index in [0.717, 1.165) is 0 Å². The molecule has 116 valence electrons. The lowest BCUT2D eigenvalue weighted by Crippen LogP contribution is -2.17. The van der Waals surface area contributed by atoms with Crippen LogP contribution in [0, 0.1) is 6.92 Å². The Morgan fingerprint density at radius 3 is 2.23 bits per heavy atom. The number of benzene rings is 1. The third-order valence-corrected chi connectivity index (χ3v) is 3.48. The highest BCUT2D eigenvalue weighted by molar-refractivity contribution is 6.34. The fourth-order valence-corrected chi connectivity index (χ4v) is 2.26. The van der Waals surface area contributed by atoms with Gasteiger partial charge in [-0.3, -0.25) is 14.3 Å². The second kappa shape index (κ2) is 6.62. The van der Waals surface area contributed by atoms with Gasteiger partial charge >= 0.3 is 0 Å². The number of hydrogen-bond donors (Lipinski definition) is 2. The number of anilines is 2. The fourth-order valence-electron chi connectivity index (χ4n) is 2.04. The van der Waals surface area contributed by atoms with E-state index in [0.29, 0.717) is 34.3 Å². The maximum Gasteiger partial charge on any atom is 0.275 e. The first-order valence-electron chi connectivity index (χ1n) is 6.84. The summed E-state index contributed by atoms with van der Waals surface area (Å²) in [6.07, 6.45) is 0. The van der Waals surface area contributed by atoms with Gasteiger partial charge < -0.3 is 10.6 Å². The number of aryl methyl sites for hydroxylation is 2. The molecule has 2 rings (SSSR count). The number of carbonyl (C=O) groups is 2. The number of carbonyl (C=O) groups excluding carboxylic acids is 2. The molecule has 2 N–H and O–H groups in total. The number of hydrogen-bond acceptors (Lipinski definition) is 3. The summed E-state index contributed by atoms with van der Waals surface area (Å²) in [5.74, 6) is -0.467. The van der Waals surface area contributed by atoms with E-state index in [2.05, 4.69) is 15.7 Å². The molecule has 0 aliphatic rings. The van der Waals surface area contributed by atoms with Gasteiger partial charge in [-0.15, -0.1) is 0 Å². The maximum absolute atomic E-state index is 12.4. The number of aromatic nitrogens is 2. The van der Waals surface area contributed by atoms with E-state index in [1.807, 2.05) is 6.92 Å². The summed E-state index contributed by atoms with van der Waals surface area (Å²) in [6, 6.07) is 6.83. The van der Waals surface area contributed by atoms with E-state index in [4.69, 9.17) is 11.6 Å². The molecule has 0 fully saturated rings. The van der Waals surface area contributed by atoms with Gasteiger partial charge in [0.15, 0.2) is 0 Å². The number of halogens is 1. The zero-order valence-corrected chi connectivity index (χ0v) is 13.4. The molecule has 22 heavy (non-hydrogen) atoms. The van der Waals surface area contributed by atoms with Crippen LogP contribution in [-0.4, -0.2) is 21.6 Å². The standard InChI is InChI=1S/C15H17ClN4O2/c1-4-20-14(13(16)9(2)19-20)15(22)18-12-7-5-11(6-8-12)17-10(3)21/h5-8H,4H2,1-3H3,(H,17,21)(H,18,22). The Kier molecular flexibility index (Phi) is 4.82. The van der Waals surface area contributed by atoms with Crippen molar-refractivity contribution in [2.45, 2.75) is 27.3 Å². The van der Waals surface area contributed by atoms with Crippen molar-refractivity contribution in [2.75, 3.05) is 10.6 Å². The van der Waals surface area contributed by atoms with Crippen LogP contribution in [0.1, 0.15) is 30.0 Å². The smallest absolute Gasteiger partial charge is 0.275 e. The van der Waals surface area contributed by atoms with Crippen LogP contribution < -0.4 is 10.6 Å². The molecular formula is C15H17ClN4O2. The van der Waals surface area contributed by atoms with Crippen molar-refractivity contribution in [3.05, 3.63) is 40.7 Å². The molecule has 2 aromatic rings. The second-order valence-electron chi connectivity index (χ2n) is 4.78. The summed E-state index contributed by atoms with van der Waals surface area (Å²) >= 11 is 6.14. The van der Waals surface area contributed by atoms with Gasteiger partial charge in [-0.05, 0) is 38.1 Å². The lowest BCUT2D eigenvalue weighted by molar-refractivity contribution is -0.114. The highest BCUT2D eigenvalue weighted by Crippen LogP contribution is 2.22. The Labute approximate surface area is 133 Å². The van der Waals surface area contributed by atoms with Crippen LogP contribution in [0.3, 0.4) is 0 Å². The van der Waals surface area contributed by atoms with E-state index < -0.39 is 0 Å². The summed E-state index contributed by atoms with van der Waals surface area (Å²) in [5.41, 5.74) is 2.23. The zero-order valence-electron chi connectivity index (χ0n) is 12.6. The van der Waals surface area contributed by atoms with E-state index in [1.54, 1.807) is 35.9 Å². The van der Waals surface area contributed by atoms with Gasteiger partial charge in [0.1, 0.15) is 5.69 Å². The quantitative estimate of drug-likeness (QED) is 0.909. The van der Waals surface area contributed by atoms with Crippen molar-refractivity contribution >= 4 is 34.8 Å². The second-order valence-corrected chi connectivity index (χ2v) is 5.15. The predicted octanol–water partition coefficient (Wildman–Crippen LogP) is 3.08. The molecule has 0 aliphatic heterocycles. The molecule has 0 bridgehead atoms. The highest BCUT2D eigenvalue weighted by atomic mass is 35.5. The molecule has 1 heterocycles. The fraction of sp³-hybridized carbons (Fsp3) is 0.267. The summed E-state index contributed by atoms with van der Waals surface area (Å²) in [4.78, 5) is 23.3. The van der Waals surface area contributed by atoms with Crippen molar-refractivity contribution in [2.24, 2.45) is 0 Å². The molecule has 1 aromatic carbocycles. The minimum atomic E-state index is -0.320. The minimum absolute atomic E-state index is 0.147. The molecule has 1 aromatic heterocycles. The molecule has 0 radical (unpaired) electrons. The van der Waals surface area contributed by atoms with Gasteiger partial charge in [0.2, 0.25) is 5.91 Å². The van der Waals surface area contributed by atoms with Gasteiger partial charge in [-0.2, -0.15) is 5.10 Å². The van der Waals surface area contributed by atoms with E-state index in [-0.39, 0.29) is 11.8 Å². The lowest BCUT2D eigenvalue weighted by Gasteiger charge is -2.08. The van der Waals surface area contributed by atoms with Crippen LogP contribution >= 0.6 is 11.6 Å². The summed E-state index contributed by atoms with van der Waals surface area (Å²) in [7, 11) is 0. The maximum atomic E-state index is 12.4. The monoisotopic (exact) mass is 320 g/mol. The highest BCUT2D eigenvalue weighted by Gasteiger charge is 2.19. The Morgan fingerprint density at radius 2 is 1.73 bits per heavy atom. The first-order chi connectivity index (χ1) is 10.4. The first kappa shape index (κ1) is 16.0. The molecule has 7 heteroatoms. The van der Waals surface area contributed by atoms with Crippen LogP contribution in [0.2, 0.25) is 5.02 Å². The molecule has 6 nitrogen and oxygen atoms in total. The van der Waals surface area contributed by atoms with Crippen molar-refractivity contribution in [1.82, 2.24) is 9.78 Å². The minimum Gasteiger partial charge on any atom is -0.326 e. The SMILES string of the molecule is CCn1nc(C)c(Cl)c1C(=O)Nc1ccc(NC(C)=O)cc1. The van der Waals surface area contributed by atoms with Gasteiger partial charge in [0.05, 0.1) is 10.7 Å². The topological polar surface area (TPSA) is 76.0 Å².